The second kappa shape index (κ2) is 19.3. The van der Waals surface area contributed by atoms with Gasteiger partial charge in [0.2, 0.25) is 0 Å². The van der Waals surface area contributed by atoms with Crippen molar-refractivity contribution in [2.45, 2.75) is 14.4 Å². The van der Waals surface area contributed by atoms with E-state index in [0.29, 0.717) is 59.5 Å². The zero-order valence-corrected chi connectivity index (χ0v) is 12.4. The Morgan fingerprint density at radius 1 is 0.667 bits per heavy atom. The summed E-state index contributed by atoms with van der Waals surface area (Å²) in [6.07, 6.45) is 0. The van der Waals surface area contributed by atoms with Crippen LogP contribution in [0.25, 0.3) is 0 Å². The maximum Gasteiger partial charge on any atom is 0.302 e. The van der Waals surface area contributed by atoms with Crippen molar-refractivity contribution >= 4 is 5.97 Å². The number of rotatable bonds is 15. The normalized spacial score (nSPS) is 10.2. The third-order valence-electron chi connectivity index (χ3n) is 2.08. The molecule has 0 atom stereocenters. The maximum atomic E-state index is 10.4. The third kappa shape index (κ3) is 21.7. The van der Waals surface area contributed by atoms with E-state index in [-0.39, 0.29) is 20.0 Å². The Labute approximate surface area is 127 Å². The zero-order chi connectivity index (χ0) is 14.9. The van der Waals surface area contributed by atoms with E-state index in [1.165, 1.54) is 6.92 Å². The van der Waals surface area contributed by atoms with Gasteiger partial charge in [-0.25, -0.2) is 0 Å². The molecule has 0 N–H and O–H groups in total. The largest absolute Gasteiger partial charge is 0.463 e. The zero-order valence-electron chi connectivity index (χ0n) is 12.4. The van der Waals surface area contributed by atoms with Crippen molar-refractivity contribution in [2.75, 3.05) is 73.2 Å². The molecule has 0 saturated carbocycles. The number of esters is 1. The lowest BCUT2D eigenvalue weighted by molar-refractivity contribution is -0.142. The number of methoxy groups -OCH3 is 1. The summed E-state index contributed by atoms with van der Waals surface area (Å²) >= 11 is 0. The van der Waals surface area contributed by atoms with Gasteiger partial charge in [-0.15, -0.1) is 0 Å². The first-order chi connectivity index (χ1) is 9.77. The van der Waals surface area contributed by atoms with Crippen molar-refractivity contribution in [3.63, 3.8) is 0 Å². The van der Waals surface area contributed by atoms with E-state index in [1.54, 1.807) is 7.11 Å². The fourth-order valence-corrected chi connectivity index (χ4v) is 1.15. The molecule has 0 aliphatic rings. The van der Waals surface area contributed by atoms with Gasteiger partial charge in [-0.2, -0.15) is 0 Å². The second-order valence-electron chi connectivity index (χ2n) is 3.78. The van der Waals surface area contributed by atoms with Gasteiger partial charge in [0.1, 0.15) is 6.61 Å². The van der Waals surface area contributed by atoms with Crippen molar-refractivity contribution < 1.29 is 33.2 Å². The summed E-state index contributed by atoms with van der Waals surface area (Å²) in [6.45, 7) is 6.34. The number of carbonyl (C=O) groups excluding carboxylic acids is 1. The van der Waals surface area contributed by atoms with Crippen LogP contribution in [0.5, 0.6) is 0 Å². The molecule has 21 heavy (non-hydrogen) atoms. The minimum atomic E-state index is -0.298. The molecular formula is C14H30O7. The van der Waals surface area contributed by atoms with Crippen LogP contribution in [0.2, 0.25) is 0 Å². The Bertz CT molecular complexity index is 211. The first kappa shape index (κ1) is 22.5. The van der Waals surface area contributed by atoms with Crippen molar-refractivity contribution in [2.24, 2.45) is 0 Å². The van der Waals surface area contributed by atoms with E-state index >= 15 is 0 Å². The summed E-state index contributed by atoms with van der Waals surface area (Å²) in [7, 11) is 1.64. The molecule has 0 rings (SSSR count). The highest BCUT2D eigenvalue weighted by atomic mass is 16.6. The average molecular weight is 310 g/mol. The van der Waals surface area contributed by atoms with E-state index in [4.69, 9.17) is 28.4 Å². The molecule has 0 aromatic carbocycles. The monoisotopic (exact) mass is 310 g/mol. The van der Waals surface area contributed by atoms with E-state index in [1.807, 2.05) is 0 Å². The van der Waals surface area contributed by atoms with Gasteiger partial charge in [-0.05, 0) is 0 Å². The molecule has 128 valence electrons. The second-order valence-corrected chi connectivity index (χ2v) is 3.78. The van der Waals surface area contributed by atoms with Crippen LogP contribution in [0.3, 0.4) is 0 Å². The third-order valence-corrected chi connectivity index (χ3v) is 2.08. The van der Waals surface area contributed by atoms with Gasteiger partial charge in [0.05, 0.1) is 59.5 Å². The standard InChI is InChI=1S/C13H26O7.CH4/c1-13(14)20-12-11-19-10-9-18-8-7-17-6-5-16-4-3-15-2;/h3-12H2,1-2H3;1H4. The highest BCUT2D eigenvalue weighted by molar-refractivity contribution is 5.65. The molecule has 0 amide bonds. The smallest absolute Gasteiger partial charge is 0.302 e. The van der Waals surface area contributed by atoms with Crippen molar-refractivity contribution in [3.05, 3.63) is 0 Å². The molecule has 0 heterocycles. The Kier molecular flexibility index (Phi) is 20.7. The Morgan fingerprint density at radius 3 is 1.33 bits per heavy atom. The number of hydrogen-bond donors (Lipinski definition) is 0. The quantitative estimate of drug-likeness (QED) is 0.329. The summed E-state index contributed by atoms with van der Waals surface area (Å²) in [6, 6.07) is 0. The Morgan fingerprint density at radius 2 is 1.00 bits per heavy atom. The van der Waals surface area contributed by atoms with Crippen molar-refractivity contribution in [1.82, 2.24) is 0 Å². The number of carbonyl (C=O) groups is 1. The van der Waals surface area contributed by atoms with Crippen LogP contribution in [0, 0.1) is 0 Å². The minimum absolute atomic E-state index is 0. The van der Waals surface area contributed by atoms with Crippen LogP contribution in [-0.2, 0) is 33.2 Å². The molecule has 7 nitrogen and oxygen atoms in total. The summed E-state index contributed by atoms with van der Waals surface area (Å²) in [5.41, 5.74) is 0. The molecule has 7 heteroatoms. The number of ether oxygens (including phenoxy) is 6. The van der Waals surface area contributed by atoms with Gasteiger partial charge in [-0.3, -0.25) is 4.79 Å². The summed E-state index contributed by atoms with van der Waals surface area (Å²) in [5.74, 6) is -0.298. The summed E-state index contributed by atoms with van der Waals surface area (Å²) in [5, 5.41) is 0. The lowest BCUT2D eigenvalue weighted by Gasteiger charge is -2.07. The maximum absolute atomic E-state index is 10.4. The number of hydrogen-bond acceptors (Lipinski definition) is 7. The predicted octanol–water partition coefficient (Wildman–Crippen LogP) is 0.898. The average Bonchev–Trinajstić information content (AvgIpc) is 2.43. The lowest BCUT2D eigenvalue weighted by atomic mass is 10.7. The summed E-state index contributed by atoms with van der Waals surface area (Å²) in [4.78, 5) is 10.4. The molecule has 0 aliphatic heterocycles. The summed E-state index contributed by atoms with van der Waals surface area (Å²) < 4.78 is 30.5. The molecule has 0 spiro atoms. The van der Waals surface area contributed by atoms with Crippen LogP contribution in [0.1, 0.15) is 14.4 Å². The predicted molar refractivity (Wildman–Crippen MR) is 78.5 cm³/mol. The van der Waals surface area contributed by atoms with E-state index in [0.717, 1.165) is 0 Å². The molecule has 0 aromatic heterocycles. The van der Waals surface area contributed by atoms with Gasteiger partial charge in [-0.1, -0.05) is 7.43 Å². The minimum Gasteiger partial charge on any atom is -0.463 e. The van der Waals surface area contributed by atoms with Crippen molar-refractivity contribution in [3.8, 4) is 0 Å². The first-order valence-corrected chi connectivity index (χ1v) is 6.70. The topological polar surface area (TPSA) is 72.5 Å². The molecule has 0 aliphatic carbocycles. The fourth-order valence-electron chi connectivity index (χ4n) is 1.15. The molecule has 0 fully saturated rings. The molecule has 0 radical (unpaired) electrons. The van der Waals surface area contributed by atoms with E-state index < -0.39 is 0 Å². The molecule has 0 aromatic rings. The van der Waals surface area contributed by atoms with Crippen LogP contribution >= 0.6 is 0 Å². The van der Waals surface area contributed by atoms with Crippen LogP contribution in [0.15, 0.2) is 0 Å². The lowest BCUT2D eigenvalue weighted by Crippen LogP contribution is -2.14. The highest BCUT2D eigenvalue weighted by Crippen LogP contribution is 1.84. The Balaban J connectivity index is 0. The molecule has 0 saturated heterocycles. The molecular weight excluding hydrogens is 280 g/mol. The van der Waals surface area contributed by atoms with E-state index in [9.17, 15) is 4.79 Å². The van der Waals surface area contributed by atoms with Crippen LogP contribution < -0.4 is 0 Å². The van der Waals surface area contributed by atoms with Gasteiger partial charge in [0.25, 0.3) is 0 Å². The van der Waals surface area contributed by atoms with Gasteiger partial charge >= 0.3 is 5.97 Å². The van der Waals surface area contributed by atoms with E-state index in [2.05, 4.69) is 0 Å². The Hall–Kier alpha value is -0.730. The highest BCUT2D eigenvalue weighted by Gasteiger charge is 1.94. The van der Waals surface area contributed by atoms with Gasteiger partial charge < -0.3 is 28.4 Å². The van der Waals surface area contributed by atoms with Gasteiger partial charge in [0, 0.05) is 14.0 Å². The SMILES string of the molecule is C.COCCOCCOCCOCCOCCOC(C)=O. The van der Waals surface area contributed by atoms with Crippen LogP contribution in [0.4, 0.5) is 0 Å². The van der Waals surface area contributed by atoms with Crippen LogP contribution in [-0.4, -0.2) is 79.1 Å². The molecule has 0 unspecified atom stereocenters. The molecule has 0 bridgehead atoms. The first-order valence-electron chi connectivity index (χ1n) is 6.70. The van der Waals surface area contributed by atoms with Crippen molar-refractivity contribution in [1.29, 1.82) is 0 Å². The van der Waals surface area contributed by atoms with Gasteiger partial charge in [0.15, 0.2) is 0 Å². The fraction of sp³-hybridized carbons (Fsp3) is 0.929.